The predicted octanol–water partition coefficient (Wildman–Crippen LogP) is 2.01. The molecule has 1 heterocycles. The molecule has 1 aromatic rings. The molecule has 0 bridgehead atoms. The van der Waals surface area contributed by atoms with Gasteiger partial charge in [-0.15, -0.1) is 0 Å². The van der Waals surface area contributed by atoms with Crippen LogP contribution in [0.25, 0.3) is 0 Å². The lowest BCUT2D eigenvalue weighted by molar-refractivity contribution is 0.258. The van der Waals surface area contributed by atoms with Crippen molar-refractivity contribution in [3.63, 3.8) is 0 Å². The van der Waals surface area contributed by atoms with Gasteiger partial charge >= 0.3 is 0 Å². The van der Waals surface area contributed by atoms with Gasteiger partial charge in [-0.25, -0.2) is 4.98 Å². The van der Waals surface area contributed by atoms with Crippen molar-refractivity contribution in [3.8, 4) is 5.88 Å². The average Bonchev–Trinajstić information content (AvgIpc) is 2.15. The van der Waals surface area contributed by atoms with Crippen molar-refractivity contribution in [2.45, 2.75) is 33.2 Å². The minimum Gasteiger partial charge on any atom is -0.477 e. The van der Waals surface area contributed by atoms with Crippen LogP contribution in [-0.2, 0) is 6.42 Å². The van der Waals surface area contributed by atoms with E-state index in [2.05, 4.69) is 18.8 Å². The SMILES string of the molecule is CC(C)COc1ncccc1CC(C)N. The van der Waals surface area contributed by atoms with Crippen LogP contribution in [0.4, 0.5) is 0 Å². The third kappa shape index (κ3) is 4.30. The Bertz CT molecular complexity index is 297. The predicted molar refractivity (Wildman–Crippen MR) is 61.9 cm³/mol. The smallest absolute Gasteiger partial charge is 0.216 e. The van der Waals surface area contributed by atoms with Gasteiger partial charge in [-0.3, -0.25) is 0 Å². The van der Waals surface area contributed by atoms with E-state index in [1.165, 1.54) is 0 Å². The largest absolute Gasteiger partial charge is 0.477 e. The summed E-state index contributed by atoms with van der Waals surface area (Å²) in [6.45, 7) is 6.92. The van der Waals surface area contributed by atoms with Crippen molar-refractivity contribution >= 4 is 0 Å². The highest BCUT2D eigenvalue weighted by atomic mass is 16.5. The minimum atomic E-state index is 0.135. The van der Waals surface area contributed by atoms with Crippen LogP contribution in [-0.4, -0.2) is 17.6 Å². The Morgan fingerprint density at radius 3 is 2.73 bits per heavy atom. The van der Waals surface area contributed by atoms with Crippen molar-refractivity contribution in [2.24, 2.45) is 11.7 Å². The fourth-order valence-electron chi connectivity index (χ4n) is 1.30. The lowest BCUT2D eigenvalue weighted by Crippen LogP contribution is -2.19. The first kappa shape index (κ1) is 12.0. The Morgan fingerprint density at radius 1 is 1.40 bits per heavy atom. The molecular formula is C12H20N2O. The Kier molecular flexibility index (Phi) is 4.56. The molecule has 0 aliphatic carbocycles. The first-order valence-corrected chi connectivity index (χ1v) is 5.42. The van der Waals surface area contributed by atoms with E-state index in [0.29, 0.717) is 12.5 Å². The highest BCUT2D eigenvalue weighted by Gasteiger charge is 2.07. The molecule has 1 rings (SSSR count). The lowest BCUT2D eigenvalue weighted by atomic mass is 10.1. The molecule has 0 saturated carbocycles. The second-order valence-electron chi connectivity index (χ2n) is 4.35. The van der Waals surface area contributed by atoms with Gasteiger partial charge in [0.1, 0.15) is 0 Å². The van der Waals surface area contributed by atoms with Crippen LogP contribution in [0.2, 0.25) is 0 Å². The molecule has 84 valence electrons. The van der Waals surface area contributed by atoms with E-state index in [9.17, 15) is 0 Å². The quantitative estimate of drug-likeness (QED) is 0.805. The summed E-state index contributed by atoms with van der Waals surface area (Å²) in [6, 6.07) is 4.07. The maximum absolute atomic E-state index is 5.77. The fraction of sp³-hybridized carbons (Fsp3) is 0.583. The zero-order chi connectivity index (χ0) is 11.3. The molecule has 0 spiro atoms. The van der Waals surface area contributed by atoms with Crippen LogP contribution in [0, 0.1) is 5.92 Å². The summed E-state index contributed by atoms with van der Waals surface area (Å²) in [4.78, 5) is 4.23. The highest BCUT2D eigenvalue weighted by Crippen LogP contribution is 2.16. The molecule has 0 saturated heterocycles. The maximum Gasteiger partial charge on any atom is 0.216 e. The van der Waals surface area contributed by atoms with E-state index in [4.69, 9.17) is 10.5 Å². The Hall–Kier alpha value is -1.09. The van der Waals surface area contributed by atoms with Gasteiger partial charge < -0.3 is 10.5 Å². The number of nitrogens with two attached hydrogens (primary N) is 1. The zero-order valence-corrected chi connectivity index (χ0v) is 9.73. The summed E-state index contributed by atoms with van der Waals surface area (Å²) in [5, 5.41) is 0. The molecule has 0 aliphatic heterocycles. The van der Waals surface area contributed by atoms with E-state index in [1.54, 1.807) is 6.20 Å². The van der Waals surface area contributed by atoms with Gasteiger partial charge in [0.25, 0.3) is 0 Å². The molecule has 1 atom stereocenters. The van der Waals surface area contributed by atoms with Gasteiger partial charge in [-0.2, -0.15) is 0 Å². The standard InChI is InChI=1S/C12H20N2O/c1-9(2)8-15-12-11(7-10(3)13)5-4-6-14-12/h4-6,9-10H,7-8,13H2,1-3H3. The zero-order valence-electron chi connectivity index (χ0n) is 9.73. The number of aromatic nitrogens is 1. The third-order valence-electron chi connectivity index (χ3n) is 1.95. The van der Waals surface area contributed by atoms with Gasteiger partial charge in [0.05, 0.1) is 6.61 Å². The van der Waals surface area contributed by atoms with Gasteiger partial charge in [0, 0.05) is 17.8 Å². The van der Waals surface area contributed by atoms with Crippen molar-refractivity contribution < 1.29 is 4.74 Å². The summed E-state index contributed by atoms with van der Waals surface area (Å²) < 4.78 is 5.63. The molecule has 0 radical (unpaired) electrons. The summed E-state index contributed by atoms with van der Waals surface area (Å²) in [5.74, 6) is 1.23. The van der Waals surface area contributed by atoms with E-state index >= 15 is 0 Å². The van der Waals surface area contributed by atoms with Crippen LogP contribution in [0.15, 0.2) is 18.3 Å². The minimum absolute atomic E-state index is 0.135. The van der Waals surface area contributed by atoms with Gasteiger partial charge in [0.15, 0.2) is 0 Å². The molecule has 15 heavy (non-hydrogen) atoms. The molecule has 3 heteroatoms. The number of ether oxygens (including phenoxy) is 1. The van der Waals surface area contributed by atoms with Gasteiger partial charge in [0.2, 0.25) is 5.88 Å². The lowest BCUT2D eigenvalue weighted by Gasteiger charge is -2.12. The van der Waals surface area contributed by atoms with Gasteiger partial charge in [-0.05, 0) is 25.3 Å². The first-order valence-electron chi connectivity index (χ1n) is 5.42. The van der Waals surface area contributed by atoms with E-state index in [-0.39, 0.29) is 6.04 Å². The molecule has 0 aromatic carbocycles. The summed E-state index contributed by atoms with van der Waals surface area (Å²) in [7, 11) is 0. The summed E-state index contributed by atoms with van der Waals surface area (Å²) in [5.41, 5.74) is 6.86. The summed E-state index contributed by atoms with van der Waals surface area (Å²) >= 11 is 0. The van der Waals surface area contributed by atoms with E-state index in [1.807, 2.05) is 19.1 Å². The maximum atomic E-state index is 5.77. The number of rotatable bonds is 5. The molecular weight excluding hydrogens is 188 g/mol. The van der Waals surface area contributed by atoms with E-state index < -0.39 is 0 Å². The normalized spacial score (nSPS) is 12.9. The fourth-order valence-corrected chi connectivity index (χ4v) is 1.30. The van der Waals surface area contributed by atoms with Crippen LogP contribution >= 0.6 is 0 Å². The third-order valence-corrected chi connectivity index (χ3v) is 1.95. The number of pyridine rings is 1. The Morgan fingerprint density at radius 2 is 2.13 bits per heavy atom. The second kappa shape index (κ2) is 5.71. The molecule has 3 nitrogen and oxygen atoms in total. The summed E-state index contributed by atoms with van der Waals surface area (Å²) in [6.07, 6.45) is 2.56. The molecule has 2 N–H and O–H groups in total. The van der Waals surface area contributed by atoms with Crippen molar-refractivity contribution in [3.05, 3.63) is 23.9 Å². The topological polar surface area (TPSA) is 48.1 Å². The van der Waals surface area contributed by atoms with Gasteiger partial charge in [-0.1, -0.05) is 19.9 Å². The molecule has 0 amide bonds. The molecule has 1 aromatic heterocycles. The van der Waals surface area contributed by atoms with Crippen molar-refractivity contribution in [1.29, 1.82) is 0 Å². The first-order chi connectivity index (χ1) is 7.09. The number of hydrogen-bond donors (Lipinski definition) is 1. The Balaban J connectivity index is 2.68. The highest BCUT2D eigenvalue weighted by molar-refractivity contribution is 5.26. The molecule has 1 unspecified atom stereocenters. The van der Waals surface area contributed by atoms with Crippen molar-refractivity contribution in [2.75, 3.05) is 6.61 Å². The molecule has 0 aliphatic rings. The van der Waals surface area contributed by atoms with Crippen LogP contribution < -0.4 is 10.5 Å². The van der Waals surface area contributed by atoms with Crippen LogP contribution in [0.5, 0.6) is 5.88 Å². The number of nitrogens with zero attached hydrogens (tertiary/aromatic N) is 1. The van der Waals surface area contributed by atoms with Crippen LogP contribution in [0.1, 0.15) is 26.3 Å². The van der Waals surface area contributed by atoms with Crippen LogP contribution in [0.3, 0.4) is 0 Å². The monoisotopic (exact) mass is 208 g/mol. The average molecular weight is 208 g/mol. The van der Waals surface area contributed by atoms with Crippen molar-refractivity contribution in [1.82, 2.24) is 4.98 Å². The Labute approximate surface area is 91.7 Å². The number of hydrogen-bond acceptors (Lipinski definition) is 3. The molecule has 0 fully saturated rings. The second-order valence-corrected chi connectivity index (χ2v) is 4.35. The van der Waals surface area contributed by atoms with E-state index in [0.717, 1.165) is 17.9 Å².